The van der Waals surface area contributed by atoms with E-state index in [0.29, 0.717) is 37.6 Å². The van der Waals surface area contributed by atoms with Gasteiger partial charge in [0.25, 0.3) is 5.91 Å². The molecule has 0 unspecified atom stereocenters. The van der Waals surface area contributed by atoms with E-state index >= 15 is 0 Å². The number of hydrogen-bond acceptors (Lipinski definition) is 5. The van der Waals surface area contributed by atoms with Crippen molar-refractivity contribution < 1.29 is 9.18 Å². The lowest BCUT2D eigenvalue weighted by molar-refractivity contribution is 0.0733. The summed E-state index contributed by atoms with van der Waals surface area (Å²) in [5.41, 5.74) is 3.60. The van der Waals surface area contributed by atoms with Crippen LogP contribution in [0.4, 0.5) is 16.2 Å². The van der Waals surface area contributed by atoms with E-state index in [4.69, 9.17) is 9.97 Å². The normalized spacial score (nSPS) is 13.0. The highest BCUT2D eigenvalue weighted by Crippen LogP contribution is 2.29. The van der Waals surface area contributed by atoms with Crippen LogP contribution < -0.4 is 9.80 Å². The molecule has 1 aliphatic rings. The van der Waals surface area contributed by atoms with E-state index in [9.17, 15) is 9.18 Å². The molecule has 0 saturated carbocycles. The van der Waals surface area contributed by atoms with Crippen LogP contribution in [0.1, 0.15) is 27.2 Å². The molecule has 0 fully saturated rings. The average Bonchev–Trinajstić information content (AvgIpc) is 2.78. The number of fused-ring (bicyclic) bond motifs is 1. The van der Waals surface area contributed by atoms with E-state index in [1.807, 2.05) is 49.1 Å². The highest BCUT2D eigenvalue weighted by Gasteiger charge is 2.27. The fourth-order valence-corrected chi connectivity index (χ4v) is 3.80. The predicted molar refractivity (Wildman–Crippen MR) is 120 cm³/mol. The van der Waals surface area contributed by atoms with Gasteiger partial charge in [0.05, 0.1) is 12.2 Å². The molecule has 4 rings (SSSR count). The van der Waals surface area contributed by atoms with Crippen LogP contribution in [0.5, 0.6) is 0 Å². The number of carbonyl (C=O) groups is 1. The van der Waals surface area contributed by atoms with Crippen LogP contribution in [0.3, 0.4) is 0 Å². The molecular formula is C24H26FN5O. The molecule has 0 aliphatic carbocycles. The molecule has 0 spiro atoms. The molecule has 6 nitrogen and oxygen atoms in total. The van der Waals surface area contributed by atoms with Gasteiger partial charge in [-0.2, -0.15) is 4.98 Å². The Morgan fingerprint density at radius 3 is 2.42 bits per heavy atom. The highest BCUT2D eigenvalue weighted by molar-refractivity contribution is 5.94. The van der Waals surface area contributed by atoms with E-state index in [2.05, 4.69) is 12.1 Å². The van der Waals surface area contributed by atoms with Gasteiger partial charge in [0, 0.05) is 51.8 Å². The zero-order valence-corrected chi connectivity index (χ0v) is 18.0. The Labute approximate surface area is 182 Å². The maximum Gasteiger partial charge on any atom is 0.254 e. The summed E-state index contributed by atoms with van der Waals surface area (Å²) in [7, 11) is 5.88. The standard InChI is InChI=1S/C24H26FN5O/c1-28(2)22-20-16-30(23(31)18-9-11-19(25)12-10-18)14-13-21(20)26-24(27-22)29(3)15-17-7-5-4-6-8-17/h4-12H,13-16H2,1-3H3. The fraction of sp³-hybridized carbons (Fsp3) is 0.292. The summed E-state index contributed by atoms with van der Waals surface area (Å²) in [6.07, 6.45) is 0.651. The Balaban J connectivity index is 1.60. The summed E-state index contributed by atoms with van der Waals surface area (Å²) < 4.78 is 13.2. The third-order valence-electron chi connectivity index (χ3n) is 5.43. The van der Waals surface area contributed by atoms with Crippen molar-refractivity contribution in [3.8, 4) is 0 Å². The molecule has 0 bridgehead atoms. The molecule has 160 valence electrons. The second kappa shape index (κ2) is 8.71. The largest absolute Gasteiger partial charge is 0.362 e. The van der Waals surface area contributed by atoms with Crippen LogP contribution in [-0.2, 0) is 19.5 Å². The minimum Gasteiger partial charge on any atom is -0.362 e. The molecule has 1 amide bonds. The van der Waals surface area contributed by atoms with Gasteiger partial charge in [0.1, 0.15) is 11.6 Å². The smallest absolute Gasteiger partial charge is 0.254 e. The van der Waals surface area contributed by atoms with Crippen LogP contribution >= 0.6 is 0 Å². The Kier molecular flexibility index (Phi) is 5.84. The monoisotopic (exact) mass is 419 g/mol. The zero-order valence-electron chi connectivity index (χ0n) is 18.0. The lowest BCUT2D eigenvalue weighted by Crippen LogP contribution is -2.38. The maximum absolute atomic E-state index is 13.2. The number of rotatable bonds is 5. The Morgan fingerprint density at radius 1 is 1.03 bits per heavy atom. The molecule has 0 saturated heterocycles. The molecule has 2 aromatic carbocycles. The molecular weight excluding hydrogens is 393 g/mol. The first-order chi connectivity index (χ1) is 14.9. The van der Waals surface area contributed by atoms with Crippen molar-refractivity contribution in [2.24, 2.45) is 0 Å². The van der Waals surface area contributed by atoms with Crippen molar-refractivity contribution in [1.82, 2.24) is 14.9 Å². The molecule has 7 heteroatoms. The van der Waals surface area contributed by atoms with Crippen LogP contribution in [0.25, 0.3) is 0 Å². The summed E-state index contributed by atoms with van der Waals surface area (Å²) in [6, 6.07) is 15.9. The average molecular weight is 420 g/mol. The summed E-state index contributed by atoms with van der Waals surface area (Å²) in [6.45, 7) is 1.71. The topological polar surface area (TPSA) is 52.6 Å². The summed E-state index contributed by atoms with van der Waals surface area (Å²) in [5.74, 6) is 1.03. The molecule has 0 radical (unpaired) electrons. The van der Waals surface area contributed by atoms with Gasteiger partial charge in [-0.1, -0.05) is 30.3 Å². The Morgan fingerprint density at radius 2 is 1.74 bits per heavy atom. The lowest BCUT2D eigenvalue weighted by Gasteiger charge is -2.32. The van der Waals surface area contributed by atoms with Gasteiger partial charge in [-0.05, 0) is 29.8 Å². The zero-order chi connectivity index (χ0) is 22.0. The van der Waals surface area contributed by atoms with Crippen molar-refractivity contribution in [2.45, 2.75) is 19.5 Å². The second-order valence-corrected chi connectivity index (χ2v) is 7.99. The number of anilines is 2. The molecule has 1 aromatic heterocycles. The number of hydrogen-bond donors (Lipinski definition) is 0. The van der Waals surface area contributed by atoms with Gasteiger partial charge < -0.3 is 14.7 Å². The summed E-state index contributed by atoms with van der Waals surface area (Å²) in [4.78, 5) is 28.3. The molecule has 0 atom stereocenters. The minimum absolute atomic E-state index is 0.111. The van der Waals surface area contributed by atoms with Crippen molar-refractivity contribution in [2.75, 3.05) is 37.5 Å². The Bertz CT molecular complexity index is 1070. The van der Waals surface area contributed by atoms with Gasteiger partial charge >= 0.3 is 0 Å². The number of amides is 1. The van der Waals surface area contributed by atoms with Gasteiger partial charge in [-0.25, -0.2) is 9.37 Å². The van der Waals surface area contributed by atoms with Crippen LogP contribution in [-0.4, -0.2) is 48.5 Å². The highest BCUT2D eigenvalue weighted by atomic mass is 19.1. The molecule has 31 heavy (non-hydrogen) atoms. The number of aromatic nitrogens is 2. The molecule has 2 heterocycles. The van der Waals surface area contributed by atoms with E-state index in [1.54, 1.807) is 4.90 Å². The third kappa shape index (κ3) is 4.50. The van der Waals surface area contributed by atoms with E-state index in [-0.39, 0.29) is 11.7 Å². The lowest BCUT2D eigenvalue weighted by atomic mass is 10.0. The van der Waals surface area contributed by atoms with Crippen LogP contribution in [0.2, 0.25) is 0 Å². The first-order valence-electron chi connectivity index (χ1n) is 10.3. The van der Waals surface area contributed by atoms with Gasteiger partial charge in [-0.15, -0.1) is 0 Å². The van der Waals surface area contributed by atoms with Gasteiger partial charge in [0.2, 0.25) is 5.95 Å². The second-order valence-electron chi connectivity index (χ2n) is 7.99. The fourth-order valence-electron chi connectivity index (χ4n) is 3.80. The summed E-state index contributed by atoms with van der Waals surface area (Å²) >= 11 is 0. The first-order valence-corrected chi connectivity index (χ1v) is 10.3. The van der Waals surface area contributed by atoms with E-state index in [0.717, 1.165) is 17.1 Å². The van der Waals surface area contributed by atoms with Crippen molar-refractivity contribution in [1.29, 1.82) is 0 Å². The Hall–Kier alpha value is -3.48. The summed E-state index contributed by atoms with van der Waals surface area (Å²) in [5, 5.41) is 0. The maximum atomic E-state index is 13.2. The van der Waals surface area contributed by atoms with Gasteiger partial charge in [0.15, 0.2) is 0 Å². The predicted octanol–water partition coefficient (Wildman–Crippen LogP) is 3.52. The quantitative estimate of drug-likeness (QED) is 0.633. The number of carbonyl (C=O) groups excluding carboxylic acids is 1. The van der Waals surface area contributed by atoms with E-state index < -0.39 is 0 Å². The third-order valence-corrected chi connectivity index (χ3v) is 5.43. The number of nitrogens with zero attached hydrogens (tertiary/aromatic N) is 5. The van der Waals surface area contributed by atoms with E-state index in [1.165, 1.54) is 29.8 Å². The number of halogens is 1. The van der Waals surface area contributed by atoms with Gasteiger partial charge in [-0.3, -0.25) is 4.79 Å². The molecule has 3 aromatic rings. The number of benzene rings is 2. The van der Waals surface area contributed by atoms with Crippen molar-refractivity contribution in [3.63, 3.8) is 0 Å². The minimum atomic E-state index is -0.351. The van der Waals surface area contributed by atoms with Crippen molar-refractivity contribution >= 4 is 17.7 Å². The molecule has 0 N–H and O–H groups in total. The van der Waals surface area contributed by atoms with Crippen LogP contribution in [0, 0.1) is 5.82 Å². The molecule has 1 aliphatic heterocycles. The van der Waals surface area contributed by atoms with Crippen LogP contribution in [0.15, 0.2) is 54.6 Å². The SMILES string of the molecule is CN(C)c1nc(N(C)Cc2ccccc2)nc2c1CN(C(=O)c1ccc(F)cc1)CC2. The van der Waals surface area contributed by atoms with Crippen molar-refractivity contribution in [3.05, 3.63) is 82.8 Å². The first kappa shape index (κ1) is 20.8.